The summed E-state index contributed by atoms with van der Waals surface area (Å²) in [5.74, 6) is -3.33. The molecule has 0 saturated carbocycles. The molecule has 0 rings (SSSR count). The molecular weight excluding hydrogens is 269 g/mol. The minimum absolute atomic E-state index is 0. The summed E-state index contributed by atoms with van der Waals surface area (Å²) in [4.78, 5) is 0. The predicted octanol–water partition coefficient (Wildman–Crippen LogP) is 2.25. The monoisotopic (exact) mass is 270 g/mol. The maximum absolute atomic E-state index is 11.0. The van der Waals surface area contributed by atoms with Gasteiger partial charge in [-0.05, 0) is 0 Å². The second kappa shape index (κ2) is 4.09. The molecule has 0 unspecified atom stereocenters. The van der Waals surface area contributed by atoms with Crippen LogP contribution in [0, 0.1) is 0 Å². The topological polar surface area (TPSA) is 0 Å². The largest absolute Gasteiger partial charge is 0.448 e. The summed E-state index contributed by atoms with van der Waals surface area (Å²) in [5.41, 5.74) is 0. The van der Waals surface area contributed by atoms with Crippen LogP contribution in [0.1, 0.15) is 0 Å². The molecule has 0 aliphatic rings. The Morgan fingerprint density at radius 2 is 1.20 bits per heavy atom. The van der Waals surface area contributed by atoms with Gasteiger partial charge in [-0.2, -0.15) is 26.3 Å². The first-order valence-electron chi connectivity index (χ1n) is 1.63. The van der Waals surface area contributed by atoms with Crippen molar-refractivity contribution in [1.29, 1.82) is 0 Å². The van der Waals surface area contributed by atoms with E-state index in [1.165, 1.54) is 0 Å². The van der Waals surface area contributed by atoms with E-state index in [-0.39, 0.29) is 23.9 Å². The molecule has 0 atom stereocenters. The number of alkyl halides is 3. The molecular formula is C3F6Sn. The Bertz CT molecular complexity index is 130. The van der Waals surface area contributed by atoms with Crippen molar-refractivity contribution in [2.75, 3.05) is 0 Å². The minimum atomic E-state index is -5.56. The minimum Gasteiger partial charge on any atom is -0.196 e. The van der Waals surface area contributed by atoms with E-state index >= 15 is 0 Å². The Morgan fingerprint density at radius 1 is 0.900 bits per heavy atom. The van der Waals surface area contributed by atoms with Gasteiger partial charge in [-0.25, -0.2) is 0 Å². The normalized spacial score (nSPS) is 10.2. The van der Waals surface area contributed by atoms with Crippen LogP contribution in [0.3, 0.4) is 0 Å². The van der Waals surface area contributed by atoms with Gasteiger partial charge in [-0.1, -0.05) is 0 Å². The molecule has 58 valence electrons. The molecule has 0 saturated heterocycles. The maximum Gasteiger partial charge on any atom is 0.448 e. The van der Waals surface area contributed by atoms with Crippen LogP contribution in [0.5, 0.6) is 0 Å². The van der Waals surface area contributed by atoms with E-state index < -0.39 is 18.1 Å². The van der Waals surface area contributed by atoms with E-state index in [0.29, 0.717) is 0 Å². The van der Waals surface area contributed by atoms with Gasteiger partial charge < -0.3 is 0 Å². The van der Waals surface area contributed by atoms with E-state index in [9.17, 15) is 26.3 Å². The van der Waals surface area contributed by atoms with Gasteiger partial charge in [0.1, 0.15) is 0 Å². The summed E-state index contributed by atoms with van der Waals surface area (Å²) in [6, 6.07) is 0. The number of rotatable bonds is 0. The predicted molar refractivity (Wildman–Crippen MR) is 22.2 cm³/mol. The van der Waals surface area contributed by atoms with Crippen molar-refractivity contribution in [2.24, 2.45) is 0 Å². The second-order valence-electron chi connectivity index (χ2n) is 1.07. The zero-order valence-corrected chi connectivity index (χ0v) is 7.12. The Morgan fingerprint density at radius 3 is 1.20 bits per heavy atom. The molecule has 0 nitrogen and oxygen atoms in total. The average Bonchev–Trinajstić information content (AvgIpc) is 1.62. The van der Waals surface area contributed by atoms with Crippen molar-refractivity contribution < 1.29 is 26.3 Å². The fourth-order valence-corrected chi connectivity index (χ4v) is 0.107. The zero-order chi connectivity index (χ0) is 7.65. The van der Waals surface area contributed by atoms with Crippen LogP contribution in [0.4, 0.5) is 26.3 Å². The van der Waals surface area contributed by atoms with Gasteiger partial charge in [0, 0.05) is 23.9 Å². The molecule has 0 aromatic carbocycles. The number of allylic oxidation sites excluding steroid dienone is 1. The van der Waals surface area contributed by atoms with Crippen molar-refractivity contribution in [3.8, 4) is 0 Å². The molecule has 0 spiro atoms. The summed E-state index contributed by atoms with van der Waals surface area (Å²) >= 11 is 0. The van der Waals surface area contributed by atoms with E-state index in [0.717, 1.165) is 0 Å². The summed E-state index contributed by atoms with van der Waals surface area (Å²) in [5, 5.41) is 0. The number of hydrogen-bond donors (Lipinski definition) is 0. The molecule has 0 fully saturated rings. The Kier molecular flexibility index (Phi) is 5.22. The summed E-state index contributed by atoms with van der Waals surface area (Å²) < 4.78 is 64.8. The molecule has 0 aliphatic carbocycles. The first-order chi connectivity index (χ1) is 3.85. The first kappa shape index (κ1) is 12.8. The van der Waals surface area contributed by atoms with Gasteiger partial charge in [0.05, 0.1) is 0 Å². The van der Waals surface area contributed by atoms with Crippen LogP contribution >= 0.6 is 0 Å². The maximum atomic E-state index is 11.0. The van der Waals surface area contributed by atoms with Crippen LogP contribution in [-0.2, 0) is 0 Å². The summed E-state index contributed by atoms with van der Waals surface area (Å²) in [6.07, 6.45) is -8.90. The number of hydrogen-bond acceptors (Lipinski definition) is 0. The van der Waals surface area contributed by atoms with Gasteiger partial charge in [0.25, 0.3) is 5.83 Å². The molecule has 0 amide bonds. The third kappa shape index (κ3) is 4.02. The molecule has 0 aromatic rings. The second-order valence-corrected chi connectivity index (χ2v) is 1.07. The van der Waals surface area contributed by atoms with Crippen molar-refractivity contribution in [3.05, 3.63) is 11.9 Å². The first-order valence-corrected chi connectivity index (χ1v) is 1.63. The van der Waals surface area contributed by atoms with Crippen molar-refractivity contribution in [3.63, 3.8) is 0 Å². The van der Waals surface area contributed by atoms with Crippen LogP contribution in [0.25, 0.3) is 0 Å². The fourth-order valence-electron chi connectivity index (χ4n) is 0.107. The SMILES string of the molecule is FC(F)=C(F)C(F)(F)F.[Sn]. The zero-order valence-electron chi connectivity index (χ0n) is 4.27. The third-order valence-electron chi connectivity index (χ3n) is 0.415. The van der Waals surface area contributed by atoms with Crippen LogP contribution in [0.15, 0.2) is 11.9 Å². The van der Waals surface area contributed by atoms with Gasteiger partial charge in [0.2, 0.25) is 0 Å². The van der Waals surface area contributed by atoms with E-state index in [1.807, 2.05) is 0 Å². The molecule has 0 bridgehead atoms. The van der Waals surface area contributed by atoms with Crippen LogP contribution < -0.4 is 0 Å². The van der Waals surface area contributed by atoms with Gasteiger partial charge in [-0.3, -0.25) is 0 Å². The van der Waals surface area contributed by atoms with Crippen molar-refractivity contribution in [1.82, 2.24) is 0 Å². The van der Waals surface area contributed by atoms with Crippen molar-refractivity contribution in [2.45, 2.75) is 6.18 Å². The van der Waals surface area contributed by atoms with Gasteiger partial charge in [-0.15, -0.1) is 0 Å². The molecule has 10 heavy (non-hydrogen) atoms. The smallest absolute Gasteiger partial charge is 0.196 e. The Labute approximate surface area is 68.9 Å². The van der Waals surface area contributed by atoms with E-state index in [1.54, 1.807) is 0 Å². The molecule has 0 heterocycles. The summed E-state index contributed by atoms with van der Waals surface area (Å²) in [6.45, 7) is 0. The summed E-state index contributed by atoms with van der Waals surface area (Å²) in [7, 11) is 0. The Hall–Kier alpha value is 0.119. The van der Waals surface area contributed by atoms with E-state index in [4.69, 9.17) is 0 Å². The fraction of sp³-hybridized carbons (Fsp3) is 0.333. The van der Waals surface area contributed by atoms with Gasteiger partial charge in [0.15, 0.2) is 0 Å². The molecule has 0 N–H and O–H groups in total. The Balaban J connectivity index is 0. The third-order valence-corrected chi connectivity index (χ3v) is 0.415. The van der Waals surface area contributed by atoms with E-state index in [2.05, 4.69) is 0 Å². The van der Waals surface area contributed by atoms with Crippen LogP contribution in [0.2, 0.25) is 0 Å². The van der Waals surface area contributed by atoms with Crippen LogP contribution in [-0.4, -0.2) is 30.1 Å². The molecule has 0 aliphatic heterocycles. The molecule has 0 aromatic heterocycles. The number of halogens is 6. The molecule has 4 radical (unpaired) electrons. The van der Waals surface area contributed by atoms with Gasteiger partial charge >= 0.3 is 12.3 Å². The standard InChI is InChI=1S/C3F6.Sn/c4-1(2(5)6)3(7,8)9;. The quantitative estimate of drug-likeness (QED) is 0.467. The molecule has 7 heteroatoms. The average molecular weight is 269 g/mol. The van der Waals surface area contributed by atoms with Crippen molar-refractivity contribution >= 4 is 23.9 Å².